The summed E-state index contributed by atoms with van der Waals surface area (Å²) in [6, 6.07) is 0. The molecule has 0 amide bonds. The third-order valence-electron chi connectivity index (χ3n) is 5.11. The summed E-state index contributed by atoms with van der Waals surface area (Å²) in [7, 11) is 2.75. The Morgan fingerprint density at radius 2 is 1.26 bits per heavy atom. The maximum Gasteiger partial charge on any atom is 0.287 e. The topological polar surface area (TPSA) is 39.7 Å². The van der Waals surface area contributed by atoms with Gasteiger partial charge in [0.15, 0.2) is 23.3 Å². The Kier molecular flexibility index (Phi) is 11.7. The van der Waals surface area contributed by atoms with Crippen LogP contribution in [-0.2, 0) is 14.2 Å². The third kappa shape index (κ3) is 7.29. The minimum Gasteiger partial charge on any atom is -0.380 e. The van der Waals surface area contributed by atoms with Crippen LogP contribution in [0.4, 0.5) is 27.6 Å². The number of unbranched alkanes of at least 4 members (excludes halogenated alkanes) is 5. The normalized spacial score (nSPS) is 13.1. The Hall–Kier alpha value is -1.45. The van der Waals surface area contributed by atoms with Crippen molar-refractivity contribution < 1.29 is 36.2 Å². The SMILES string of the molecule is CCCCCCCCC(CNc1c(F)c(F)c(F)c(F)c1F)C(OC)(OC)OC(C)C. The van der Waals surface area contributed by atoms with E-state index in [4.69, 9.17) is 14.2 Å². The fraction of sp³-hybridized carbons (Fsp3) is 0.727. The van der Waals surface area contributed by atoms with Crippen molar-refractivity contribution >= 4 is 5.69 Å². The lowest BCUT2D eigenvalue weighted by Crippen LogP contribution is -2.49. The van der Waals surface area contributed by atoms with Crippen molar-refractivity contribution in [1.29, 1.82) is 0 Å². The van der Waals surface area contributed by atoms with Gasteiger partial charge in [-0.2, -0.15) is 0 Å². The fourth-order valence-corrected chi connectivity index (χ4v) is 3.50. The van der Waals surface area contributed by atoms with Crippen LogP contribution in [-0.4, -0.2) is 32.8 Å². The van der Waals surface area contributed by atoms with Gasteiger partial charge < -0.3 is 19.5 Å². The molecule has 0 aliphatic rings. The molecule has 4 nitrogen and oxygen atoms in total. The zero-order chi connectivity index (χ0) is 23.6. The van der Waals surface area contributed by atoms with Crippen LogP contribution >= 0.6 is 0 Å². The second kappa shape index (κ2) is 13.2. The molecule has 0 radical (unpaired) electrons. The minimum absolute atomic E-state index is 0.193. The first-order chi connectivity index (χ1) is 14.6. The number of hydrogen-bond donors (Lipinski definition) is 1. The molecule has 1 aromatic carbocycles. The van der Waals surface area contributed by atoms with Crippen LogP contribution in [0.5, 0.6) is 0 Å². The first-order valence-electron chi connectivity index (χ1n) is 10.7. The van der Waals surface area contributed by atoms with Gasteiger partial charge in [0.1, 0.15) is 5.69 Å². The van der Waals surface area contributed by atoms with Crippen molar-refractivity contribution in [2.24, 2.45) is 5.92 Å². The Bertz CT molecular complexity index is 655. The maximum absolute atomic E-state index is 14.1. The summed E-state index contributed by atoms with van der Waals surface area (Å²) < 4.78 is 85.4. The summed E-state index contributed by atoms with van der Waals surface area (Å²) >= 11 is 0. The number of nitrogens with one attached hydrogen (secondary N) is 1. The van der Waals surface area contributed by atoms with Crippen molar-refractivity contribution in [3.63, 3.8) is 0 Å². The summed E-state index contributed by atoms with van der Waals surface area (Å²) in [5.74, 6) is -12.2. The highest BCUT2D eigenvalue weighted by molar-refractivity contribution is 5.47. The van der Waals surface area contributed by atoms with Crippen molar-refractivity contribution in [3.05, 3.63) is 29.1 Å². The van der Waals surface area contributed by atoms with E-state index < -0.39 is 46.7 Å². The van der Waals surface area contributed by atoms with Crippen molar-refractivity contribution in [3.8, 4) is 0 Å². The summed E-state index contributed by atoms with van der Waals surface area (Å²) in [5, 5.41) is 2.36. The Labute approximate surface area is 181 Å². The number of halogens is 5. The molecule has 0 heterocycles. The molecule has 0 bridgehead atoms. The summed E-state index contributed by atoms with van der Waals surface area (Å²) in [6.45, 7) is 5.47. The van der Waals surface area contributed by atoms with Crippen LogP contribution in [0.2, 0.25) is 0 Å². The van der Waals surface area contributed by atoms with E-state index in [-0.39, 0.29) is 12.6 Å². The molecule has 9 heteroatoms. The first kappa shape index (κ1) is 27.6. The maximum atomic E-state index is 14.1. The fourth-order valence-electron chi connectivity index (χ4n) is 3.50. The van der Waals surface area contributed by atoms with Gasteiger partial charge in [-0.1, -0.05) is 45.4 Å². The van der Waals surface area contributed by atoms with Gasteiger partial charge in [-0.05, 0) is 20.3 Å². The standard InChI is InChI=1S/C22H34F5NO3/c1-6-7-8-9-10-11-12-15(22(29-4,30-5)31-14(2)3)13-28-21-19(26)17(24)16(23)18(25)20(21)27/h14-15,28H,6-13H2,1-5H3. The summed E-state index contributed by atoms with van der Waals surface area (Å²) in [4.78, 5) is 0. The molecule has 0 saturated heterocycles. The number of anilines is 1. The lowest BCUT2D eigenvalue weighted by molar-refractivity contribution is -0.396. The zero-order valence-electron chi connectivity index (χ0n) is 18.9. The highest BCUT2D eigenvalue weighted by atomic mass is 19.2. The highest BCUT2D eigenvalue weighted by Gasteiger charge is 2.42. The first-order valence-corrected chi connectivity index (χ1v) is 10.7. The van der Waals surface area contributed by atoms with Gasteiger partial charge in [0.25, 0.3) is 5.97 Å². The van der Waals surface area contributed by atoms with E-state index in [1.807, 2.05) is 0 Å². The quantitative estimate of drug-likeness (QED) is 0.107. The molecule has 31 heavy (non-hydrogen) atoms. The van der Waals surface area contributed by atoms with Gasteiger partial charge in [-0.3, -0.25) is 0 Å². The van der Waals surface area contributed by atoms with Gasteiger partial charge in [0, 0.05) is 20.8 Å². The van der Waals surface area contributed by atoms with Crippen molar-refractivity contribution in [2.75, 3.05) is 26.1 Å². The van der Waals surface area contributed by atoms with Gasteiger partial charge in [-0.15, -0.1) is 0 Å². The molecule has 0 saturated carbocycles. The van der Waals surface area contributed by atoms with Crippen LogP contribution in [0.3, 0.4) is 0 Å². The monoisotopic (exact) mass is 455 g/mol. The molecule has 0 fully saturated rings. The molecular formula is C22H34F5NO3. The van der Waals surface area contributed by atoms with Crippen LogP contribution in [0.25, 0.3) is 0 Å². The van der Waals surface area contributed by atoms with Gasteiger partial charge in [-0.25, -0.2) is 22.0 Å². The molecule has 180 valence electrons. The lowest BCUT2D eigenvalue weighted by Gasteiger charge is -2.39. The Morgan fingerprint density at radius 1 is 0.774 bits per heavy atom. The van der Waals surface area contributed by atoms with E-state index in [0.29, 0.717) is 6.42 Å². The van der Waals surface area contributed by atoms with Crippen LogP contribution in [0.1, 0.15) is 65.7 Å². The van der Waals surface area contributed by atoms with E-state index in [1.165, 1.54) is 14.2 Å². The largest absolute Gasteiger partial charge is 0.380 e. The second-order valence-electron chi connectivity index (χ2n) is 7.76. The number of methoxy groups -OCH3 is 2. The highest BCUT2D eigenvalue weighted by Crippen LogP contribution is 2.33. The predicted octanol–water partition coefficient (Wildman–Crippen LogP) is 6.53. The minimum atomic E-state index is -2.20. The lowest BCUT2D eigenvalue weighted by atomic mass is 9.97. The molecule has 1 rings (SSSR count). The second-order valence-corrected chi connectivity index (χ2v) is 7.76. The zero-order valence-corrected chi connectivity index (χ0v) is 18.9. The van der Waals surface area contributed by atoms with Crippen molar-refractivity contribution in [2.45, 2.75) is 77.8 Å². The molecular weight excluding hydrogens is 421 g/mol. The Morgan fingerprint density at radius 3 is 1.74 bits per heavy atom. The molecule has 1 atom stereocenters. The van der Waals surface area contributed by atoms with Crippen LogP contribution < -0.4 is 5.32 Å². The van der Waals surface area contributed by atoms with Crippen LogP contribution in [0.15, 0.2) is 0 Å². The molecule has 1 unspecified atom stereocenters. The predicted molar refractivity (Wildman–Crippen MR) is 109 cm³/mol. The van der Waals surface area contributed by atoms with E-state index in [0.717, 1.165) is 38.5 Å². The van der Waals surface area contributed by atoms with E-state index >= 15 is 0 Å². The van der Waals surface area contributed by atoms with E-state index in [2.05, 4.69) is 12.2 Å². The number of rotatable bonds is 15. The summed E-state index contributed by atoms with van der Waals surface area (Å²) in [5.41, 5.74) is -1.09. The molecule has 1 N–H and O–H groups in total. The molecule has 0 aliphatic heterocycles. The molecule has 1 aromatic rings. The number of benzene rings is 1. The number of ether oxygens (including phenoxy) is 3. The third-order valence-corrected chi connectivity index (χ3v) is 5.11. The van der Waals surface area contributed by atoms with Gasteiger partial charge >= 0.3 is 0 Å². The van der Waals surface area contributed by atoms with Gasteiger partial charge in [0.2, 0.25) is 5.82 Å². The Balaban J connectivity index is 3.06. The van der Waals surface area contributed by atoms with Crippen LogP contribution in [0, 0.1) is 35.0 Å². The molecule has 0 spiro atoms. The molecule has 0 aliphatic carbocycles. The van der Waals surface area contributed by atoms with Gasteiger partial charge in [0.05, 0.1) is 12.0 Å². The summed E-state index contributed by atoms with van der Waals surface area (Å²) in [6.07, 6.45) is 6.25. The number of hydrogen-bond acceptors (Lipinski definition) is 4. The molecule has 0 aromatic heterocycles. The van der Waals surface area contributed by atoms with E-state index in [9.17, 15) is 22.0 Å². The van der Waals surface area contributed by atoms with Crippen molar-refractivity contribution in [1.82, 2.24) is 0 Å². The average molecular weight is 456 g/mol. The smallest absolute Gasteiger partial charge is 0.287 e. The van der Waals surface area contributed by atoms with E-state index in [1.54, 1.807) is 13.8 Å². The average Bonchev–Trinajstić information content (AvgIpc) is 2.75.